The van der Waals surface area contributed by atoms with Crippen LogP contribution in [0.3, 0.4) is 0 Å². The molecule has 1 heterocycles. The highest BCUT2D eigenvalue weighted by atomic mass is 19.1. The second kappa shape index (κ2) is 8.75. The van der Waals surface area contributed by atoms with Crippen LogP contribution in [-0.2, 0) is 13.1 Å². The van der Waals surface area contributed by atoms with Gasteiger partial charge in [-0.2, -0.15) is 0 Å². The Morgan fingerprint density at radius 1 is 1.07 bits per heavy atom. The topological polar surface area (TPSA) is 76.1 Å². The van der Waals surface area contributed by atoms with E-state index in [2.05, 4.69) is 20.6 Å². The van der Waals surface area contributed by atoms with E-state index in [0.29, 0.717) is 12.4 Å². The third-order valence-corrected chi connectivity index (χ3v) is 3.92. The first-order valence-corrected chi connectivity index (χ1v) is 8.36. The van der Waals surface area contributed by atoms with Crippen LogP contribution in [0.1, 0.15) is 21.6 Å². The molecule has 27 heavy (non-hydrogen) atoms. The van der Waals surface area contributed by atoms with Crippen molar-refractivity contribution in [2.45, 2.75) is 13.1 Å². The lowest BCUT2D eigenvalue weighted by molar-refractivity contribution is 0.0946. The Labute approximate surface area is 156 Å². The lowest BCUT2D eigenvalue weighted by Crippen LogP contribution is -2.24. The van der Waals surface area contributed by atoms with Crippen molar-refractivity contribution in [3.8, 4) is 5.75 Å². The highest BCUT2D eigenvalue weighted by Crippen LogP contribution is 2.18. The molecule has 2 aromatic carbocycles. The smallest absolute Gasteiger partial charge is 0.270 e. The van der Waals surface area contributed by atoms with E-state index >= 15 is 0 Å². The van der Waals surface area contributed by atoms with E-state index in [0.717, 1.165) is 16.9 Å². The summed E-state index contributed by atoms with van der Waals surface area (Å²) >= 11 is 0. The second-order valence-corrected chi connectivity index (χ2v) is 5.76. The predicted octanol–water partition coefficient (Wildman–Crippen LogP) is 3.17. The zero-order chi connectivity index (χ0) is 19.1. The van der Waals surface area contributed by atoms with Crippen LogP contribution in [0, 0.1) is 5.82 Å². The number of benzene rings is 2. The summed E-state index contributed by atoms with van der Waals surface area (Å²) in [7, 11) is 1.62. The molecule has 0 spiro atoms. The van der Waals surface area contributed by atoms with Crippen LogP contribution in [0.5, 0.6) is 5.75 Å². The van der Waals surface area contributed by atoms with Gasteiger partial charge in [-0.15, -0.1) is 0 Å². The maximum atomic E-state index is 12.9. The number of amides is 1. The van der Waals surface area contributed by atoms with Gasteiger partial charge in [-0.05, 0) is 23.8 Å². The molecule has 6 nitrogen and oxygen atoms in total. The fourth-order valence-corrected chi connectivity index (χ4v) is 2.49. The summed E-state index contributed by atoms with van der Waals surface area (Å²) in [5.41, 5.74) is 2.02. The first kappa shape index (κ1) is 18.3. The third-order valence-electron chi connectivity index (χ3n) is 3.92. The minimum atomic E-state index is -0.331. The zero-order valence-electron chi connectivity index (χ0n) is 14.8. The van der Waals surface area contributed by atoms with Crippen molar-refractivity contribution in [1.29, 1.82) is 0 Å². The van der Waals surface area contributed by atoms with Gasteiger partial charge in [0.1, 0.15) is 29.4 Å². The van der Waals surface area contributed by atoms with Gasteiger partial charge in [0.25, 0.3) is 5.91 Å². The number of halogens is 1. The number of ether oxygens (including phenoxy) is 1. The molecular weight excluding hydrogens is 347 g/mol. The van der Waals surface area contributed by atoms with Gasteiger partial charge in [0.15, 0.2) is 0 Å². The van der Waals surface area contributed by atoms with Gasteiger partial charge < -0.3 is 15.4 Å². The number of hydrogen-bond acceptors (Lipinski definition) is 5. The summed E-state index contributed by atoms with van der Waals surface area (Å²) in [6, 6.07) is 15.2. The van der Waals surface area contributed by atoms with Crippen molar-refractivity contribution in [3.05, 3.63) is 83.6 Å². The fourth-order valence-electron chi connectivity index (χ4n) is 2.49. The van der Waals surface area contributed by atoms with Gasteiger partial charge in [0, 0.05) is 24.7 Å². The number of rotatable bonds is 7. The molecule has 0 aliphatic carbocycles. The third kappa shape index (κ3) is 5.01. The molecule has 0 aliphatic heterocycles. The van der Waals surface area contributed by atoms with Gasteiger partial charge in [-0.1, -0.05) is 30.3 Å². The Balaban J connectivity index is 1.60. The number of aromatic nitrogens is 2. The molecule has 3 aromatic rings. The highest BCUT2D eigenvalue weighted by Gasteiger charge is 2.09. The molecule has 0 unspecified atom stereocenters. The molecule has 0 atom stereocenters. The molecule has 3 rings (SSSR count). The Morgan fingerprint density at radius 2 is 1.85 bits per heavy atom. The number of hydrogen-bond donors (Lipinski definition) is 2. The molecule has 0 fully saturated rings. The first-order chi connectivity index (χ1) is 13.2. The Morgan fingerprint density at radius 3 is 2.63 bits per heavy atom. The van der Waals surface area contributed by atoms with Crippen LogP contribution in [0.2, 0.25) is 0 Å². The van der Waals surface area contributed by atoms with Crippen molar-refractivity contribution in [2.75, 3.05) is 12.4 Å². The average molecular weight is 366 g/mol. The molecule has 0 bridgehead atoms. The molecular formula is C20H19FN4O2. The molecule has 0 radical (unpaired) electrons. The van der Waals surface area contributed by atoms with Crippen molar-refractivity contribution < 1.29 is 13.9 Å². The number of carbonyl (C=O) groups is 1. The number of nitrogens with one attached hydrogen (secondary N) is 2. The number of methoxy groups -OCH3 is 1. The van der Waals surface area contributed by atoms with E-state index in [1.165, 1.54) is 18.5 Å². The molecule has 138 valence electrons. The molecule has 1 aromatic heterocycles. The Hall–Kier alpha value is -3.48. The number of para-hydroxylation sites is 1. The van der Waals surface area contributed by atoms with Crippen molar-refractivity contribution >= 4 is 11.7 Å². The van der Waals surface area contributed by atoms with Crippen molar-refractivity contribution in [2.24, 2.45) is 0 Å². The zero-order valence-corrected chi connectivity index (χ0v) is 14.8. The minimum Gasteiger partial charge on any atom is -0.496 e. The SMILES string of the molecule is COc1ccccc1CNc1cc(C(=O)NCc2ccc(F)cc2)ncn1. The first-order valence-electron chi connectivity index (χ1n) is 8.36. The summed E-state index contributed by atoms with van der Waals surface area (Å²) in [5.74, 6) is 0.660. The lowest BCUT2D eigenvalue weighted by Gasteiger charge is -2.10. The minimum absolute atomic E-state index is 0.245. The van der Waals surface area contributed by atoms with Crippen LogP contribution in [-0.4, -0.2) is 23.0 Å². The van der Waals surface area contributed by atoms with Crippen LogP contribution in [0.15, 0.2) is 60.9 Å². The van der Waals surface area contributed by atoms with Crippen LogP contribution in [0.25, 0.3) is 0 Å². The largest absolute Gasteiger partial charge is 0.496 e. The van der Waals surface area contributed by atoms with Crippen LogP contribution in [0.4, 0.5) is 10.2 Å². The van der Waals surface area contributed by atoms with E-state index in [1.54, 1.807) is 25.3 Å². The van der Waals surface area contributed by atoms with Gasteiger partial charge in [-0.25, -0.2) is 14.4 Å². The van der Waals surface area contributed by atoms with E-state index in [1.807, 2.05) is 24.3 Å². The van der Waals surface area contributed by atoms with Gasteiger partial charge >= 0.3 is 0 Å². The Bertz CT molecular complexity index is 916. The maximum Gasteiger partial charge on any atom is 0.270 e. The summed E-state index contributed by atoms with van der Waals surface area (Å²) in [4.78, 5) is 20.4. The summed E-state index contributed by atoms with van der Waals surface area (Å²) < 4.78 is 18.2. The van der Waals surface area contributed by atoms with Crippen LogP contribution < -0.4 is 15.4 Å². The number of carbonyl (C=O) groups excluding carboxylic acids is 1. The molecule has 7 heteroatoms. The monoisotopic (exact) mass is 366 g/mol. The van der Waals surface area contributed by atoms with Crippen molar-refractivity contribution in [3.63, 3.8) is 0 Å². The van der Waals surface area contributed by atoms with E-state index in [9.17, 15) is 9.18 Å². The number of anilines is 1. The standard InChI is InChI=1S/C20H19FN4O2/c1-27-18-5-3-2-4-15(18)12-22-19-10-17(24-13-25-19)20(26)23-11-14-6-8-16(21)9-7-14/h2-10,13H,11-12H2,1H3,(H,23,26)(H,22,24,25). The van der Waals surface area contributed by atoms with Crippen molar-refractivity contribution in [1.82, 2.24) is 15.3 Å². The maximum absolute atomic E-state index is 12.9. The van der Waals surface area contributed by atoms with E-state index < -0.39 is 0 Å². The molecule has 2 N–H and O–H groups in total. The highest BCUT2D eigenvalue weighted by molar-refractivity contribution is 5.92. The molecule has 1 amide bonds. The average Bonchev–Trinajstić information content (AvgIpc) is 2.72. The summed E-state index contributed by atoms with van der Waals surface area (Å²) in [6.07, 6.45) is 1.33. The summed E-state index contributed by atoms with van der Waals surface area (Å²) in [5, 5.41) is 5.91. The van der Waals surface area contributed by atoms with E-state index in [4.69, 9.17) is 4.74 Å². The number of nitrogens with zero attached hydrogens (tertiary/aromatic N) is 2. The quantitative estimate of drug-likeness (QED) is 0.672. The van der Waals surface area contributed by atoms with E-state index in [-0.39, 0.29) is 24.0 Å². The molecule has 0 saturated heterocycles. The molecule has 0 aliphatic rings. The fraction of sp³-hybridized carbons (Fsp3) is 0.150. The predicted molar refractivity (Wildman–Crippen MR) is 99.9 cm³/mol. The van der Waals surface area contributed by atoms with Gasteiger partial charge in [-0.3, -0.25) is 4.79 Å². The van der Waals surface area contributed by atoms with Gasteiger partial charge in [0.05, 0.1) is 7.11 Å². The van der Waals surface area contributed by atoms with Crippen LogP contribution >= 0.6 is 0 Å². The Kier molecular flexibility index (Phi) is 5.94. The normalized spacial score (nSPS) is 10.3. The molecule has 0 saturated carbocycles. The second-order valence-electron chi connectivity index (χ2n) is 5.76. The van der Waals surface area contributed by atoms with Gasteiger partial charge in [0.2, 0.25) is 0 Å². The summed E-state index contributed by atoms with van der Waals surface area (Å²) in [6.45, 7) is 0.782. The lowest BCUT2D eigenvalue weighted by atomic mass is 10.2.